The number of carbonyl (C=O) groups is 1. The molecule has 0 aliphatic heterocycles. The van der Waals surface area contributed by atoms with Crippen molar-refractivity contribution in [3.63, 3.8) is 0 Å². The minimum Gasteiger partial charge on any atom is -0.319 e. The molecule has 0 fully saturated rings. The van der Waals surface area contributed by atoms with Gasteiger partial charge in [0.25, 0.3) is 5.56 Å². The van der Waals surface area contributed by atoms with E-state index in [2.05, 4.69) is 5.32 Å². The van der Waals surface area contributed by atoms with Crippen LogP contribution in [0, 0.1) is 6.92 Å². The van der Waals surface area contributed by atoms with E-state index in [1.54, 1.807) is 21.1 Å². The first-order valence-electron chi connectivity index (χ1n) is 8.79. The normalized spacial score (nSPS) is 12.0. The second-order valence-corrected chi connectivity index (χ2v) is 7.69. The molecule has 0 aliphatic rings. The zero-order chi connectivity index (χ0) is 19.4. The Kier molecular flexibility index (Phi) is 5.86. The molecule has 1 amide bonds. The predicted molar refractivity (Wildman–Crippen MR) is 112 cm³/mol. The lowest BCUT2D eigenvalue weighted by Gasteiger charge is -2.11. The topological polar surface area (TPSA) is 56.0 Å². The molecule has 1 atom stereocenters. The summed E-state index contributed by atoms with van der Waals surface area (Å²) >= 11 is 1.55. The van der Waals surface area contributed by atoms with Crippen LogP contribution in [0.25, 0.3) is 5.69 Å². The minimum atomic E-state index is -0.269. The molecule has 1 unspecified atom stereocenters. The Labute approximate surface area is 163 Å². The molecule has 0 spiro atoms. The SMILES string of the molecule is Cc1c(NC(=O)C(C)SCc2ccccc2)c(=O)n(-c2ccccc2)n1C. The van der Waals surface area contributed by atoms with Crippen LogP contribution in [0.5, 0.6) is 0 Å². The van der Waals surface area contributed by atoms with E-state index in [0.29, 0.717) is 5.69 Å². The van der Waals surface area contributed by atoms with E-state index in [1.807, 2.05) is 81.6 Å². The Morgan fingerprint density at radius 2 is 1.67 bits per heavy atom. The van der Waals surface area contributed by atoms with Gasteiger partial charge in [-0.3, -0.25) is 14.3 Å². The van der Waals surface area contributed by atoms with Crippen LogP contribution < -0.4 is 10.9 Å². The van der Waals surface area contributed by atoms with Gasteiger partial charge in [0.1, 0.15) is 5.69 Å². The summed E-state index contributed by atoms with van der Waals surface area (Å²) in [5.74, 6) is 0.583. The van der Waals surface area contributed by atoms with Gasteiger partial charge in [0.2, 0.25) is 5.91 Å². The summed E-state index contributed by atoms with van der Waals surface area (Å²) in [5.41, 5.74) is 2.76. The molecule has 0 bridgehead atoms. The summed E-state index contributed by atoms with van der Waals surface area (Å²) < 4.78 is 3.32. The van der Waals surface area contributed by atoms with Crippen molar-refractivity contribution in [2.45, 2.75) is 24.9 Å². The van der Waals surface area contributed by atoms with Crippen LogP contribution >= 0.6 is 11.8 Å². The average molecular weight is 382 g/mol. The maximum Gasteiger partial charge on any atom is 0.295 e. The Hall–Kier alpha value is -2.73. The van der Waals surface area contributed by atoms with Gasteiger partial charge in [-0.2, -0.15) is 0 Å². The van der Waals surface area contributed by atoms with Crippen molar-refractivity contribution in [3.8, 4) is 5.69 Å². The summed E-state index contributed by atoms with van der Waals surface area (Å²) in [5, 5.41) is 2.56. The van der Waals surface area contributed by atoms with Crippen molar-refractivity contribution in [1.29, 1.82) is 0 Å². The van der Waals surface area contributed by atoms with Crippen LogP contribution in [-0.2, 0) is 17.6 Å². The number of nitrogens with one attached hydrogen (secondary N) is 1. The maximum absolute atomic E-state index is 12.9. The fourth-order valence-corrected chi connectivity index (χ4v) is 3.65. The van der Waals surface area contributed by atoms with Crippen LogP contribution in [0.15, 0.2) is 65.5 Å². The zero-order valence-electron chi connectivity index (χ0n) is 15.7. The van der Waals surface area contributed by atoms with Crippen molar-refractivity contribution in [1.82, 2.24) is 9.36 Å². The highest BCUT2D eigenvalue weighted by atomic mass is 32.2. The van der Waals surface area contributed by atoms with Crippen LogP contribution in [0.3, 0.4) is 0 Å². The van der Waals surface area contributed by atoms with Gasteiger partial charge in [0.05, 0.1) is 16.6 Å². The molecule has 0 aliphatic carbocycles. The third kappa shape index (κ3) is 4.17. The third-order valence-corrected chi connectivity index (χ3v) is 5.73. The van der Waals surface area contributed by atoms with E-state index in [-0.39, 0.29) is 16.7 Å². The van der Waals surface area contributed by atoms with Crippen molar-refractivity contribution in [2.75, 3.05) is 5.32 Å². The van der Waals surface area contributed by atoms with Gasteiger partial charge in [-0.05, 0) is 31.5 Å². The first kappa shape index (κ1) is 19.0. The number of hydrogen-bond acceptors (Lipinski definition) is 3. The van der Waals surface area contributed by atoms with E-state index in [9.17, 15) is 9.59 Å². The number of benzene rings is 2. The molecule has 2 aromatic carbocycles. The molecular weight excluding hydrogens is 358 g/mol. The number of carbonyl (C=O) groups excluding carboxylic acids is 1. The van der Waals surface area contributed by atoms with E-state index in [1.165, 1.54) is 5.56 Å². The number of hydrogen-bond donors (Lipinski definition) is 1. The quantitative estimate of drug-likeness (QED) is 0.708. The van der Waals surface area contributed by atoms with Crippen LogP contribution in [-0.4, -0.2) is 20.5 Å². The number of rotatable bonds is 6. The molecule has 1 N–H and O–H groups in total. The number of anilines is 1. The summed E-state index contributed by atoms with van der Waals surface area (Å²) in [7, 11) is 1.81. The minimum absolute atomic E-state index is 0.165. The zero-order valence-corrected chi connectivity index (χ0v) is 16.5. The van der Waals surface area contributed by atoms with E-state index >= 15 is 0 Å². The Morgan fingerprint density at radius 3 is 2.30 bits per heavy atom. The van der Waals surface area contributed by atoms with Gasteiger partial charge in [-0.1, -0.05) is 48.5 Å². The van der Waals surface area contributed by atoms with Crippen LogP contribution in [0.4, 0.5) is 5.69 Å². The first-order valence-corrected chi connectivity index (χ1v) is 9.84. The third-order valence-electron chi connectivity index (χ3n) is 4.51. The molecular formula is C21H23N3O2S. The largest absolute Gasteiger partial charge is 0.319 e. The lowest BCUT2D eigenvalue weighted by molar-refractivity contribution is -0.115. The van der Waals surface area contributed by atoms with Crippen molar-refractivity contribution in [2.24, 2.45) is 7.05 Å². The van der Waals surface area contributed by atoms with Crippen molar-refractivity contribution >= 4 is 23.4 Å². The molecule has 0 radical (unpaired) electrons. The second-order valence-electron chi connectivity index (χ2n) is 6.36. The molecule has 1 heterocycles. The number of aromatic nitrogens is 2. The summed E-state index contributed by atoms with van der Waals surface area (Å²) in [6.07, 6.45) is 0. The number of amides is 1. The van der Waals surface area contributed by atoms with E-state index in [0.717, 1.165) is 17.1 Å². The van der Waals surface area contributed by atoms with Crippen molar-refractivity contribution in [3.05, 3.63) is 82.3 Å². The highest BCUT2D eigenvalue weighted by Gasteiger charge is 2.21. The molecule has 0 saturated heterocycles. The molecule has 1 aromatic heterocycles. The molecule has 3 rings (SSSR count). The molecule has 5 nitrogen and oxygen atoms in total. The Bertz CT molecular complexity index is 978. The van der Waals surface area contributed by atoms with E-state index < -0.39 is 0 Å². The second kappa shape index (κ2) is 8.31. The van der Waals surface area contributed by atoms with Gasteiger partial charge in [-0.25, -0.2) is 4.68 Å². The average Bonchev–Trinajstić information content (AvgIpc) is 2.90. The van der Waals surface area contributed by atoms with Gasteiger partial charge >= 0.3 is 0 Å². The fourth-order valence-electron chi connectivity index (χ4n) is 2.81. The lowest BCUT2D eigenvalue weighted by Crippen LogP contribution is -2.27. The summed E-state index contributed by atoms with van der Waals surface area (Å²) in [4.78, 5) is 25.5. The first-order chi connectivity index (χ1) is 13.0. The molecule has 27 heavy (non-hydrogen) atoms. The highest BCUT2D eigenvalue weighted by molar-refractivity contribution is 7.99. The Balaban J connectivity index is 1.75. The molecule has 6 heteroatoms. The number of para-hydroxylation sites is 1. The fraction of sp³-hybridized carbons (Fsp3) is 0.238. The predicted octanol–water partition coefficient (Wildman–Crippen LogP) is 3.74. The lowest BCUT2D eigenvalue weighted by atomic mass is 10.2. The van der Waals surface area contributed by atoms with Gasteiger partial charge in [0, 0.05) is 12.8 Å². The van der Waals surface area contributed by atoms with Gasteiger partial charge < -0.3 is 5.32 Å². The number of nitrogens with zero attached hydrogens (tertiary/aromatic N) is 2. The number of thioether (sulfide) groups is 1. The monoisotopic (exact) mass is 381 g/mol. The summed E-state index contributed by atoms with van der Waals surface area (Å²) in [6, 6.07) is 19.4. The maximum atomic E-state index is 12.9. The van der Waals surface area contributed by atoms with E-state index in [4.69, 9.17) is 0 Å². The summed E-state index contributed by atoms with van der Waals surface area (Å²) in [6.45, 7) is 3.69. The molecule has 3 aromatic rings. The van der Waals surface area contributed by atoms with Crippen LogP contribution in [0.2, 0.25) is 0 Å². The Morgan fingerprint density at radius 1 is 1.07 bits per heavy atom. The highest BCUT2D eigenvalue weighted by Crippen LogP contribution is 2.20. The van der Waals surface area contributed by atoms with Crippen molar-refractivity contribution < 1.29 is 4.79 Å². The van der Waals surface area contributed by atoms with Gasteiger partial charge in [-0.15, -0.1) is 11.8 Å². The molecule has 140 valence electrons. The van der Waals surface area contributed by atoms with Gasteiger partial charge in [0.15, 0.2) is 0 Å². The molecule has 0 saturated carbocycles. The van der Waals surface area contributed by atoms with Crippen LogP contribution in [0.1, 0.15) is 18.2 Å². The standard InChI is InChI=1S/C21H23N3O2S/c1-15-19(21(26)24(23(15)3)18-12-8-5-9-13-18)22-20(25)16(2)27-14-17-10-6-4-7-11-17/h4-13,16H,14H2,1-3H3,(H,22,25). The smallest absolute Gasteiger partial charge is 0.295 e.